The van der Waals surface area contributed by atoms with Crippen LogP contribution in [0, 0.1) is 11.8 Å². The van der Waals surface area contributed by atoms with E-state index in [0.717, 1.165) is 38.9 Å². The van der Waals surface area contributed by atoms with Crippen LogP contribution in [0.1, 0.15) is 25.7 Å². The summed E-state index contributed by atoms with van der Waals surface area (Å²) >= 11 is 0. The van der Waals surface area contributed by atoms with Crippen molar-refractivity contribution in [2.45, 2.75) is 37.9 Å². The fourth-order valence-electron chi connectivity index (χ4n) is 2.05. The van der Waals surface area contributed by atoms with Crippen molar-refractivity contribution in [3.63, 3.8) is 0 Å². The minimum absolute atomic E-state index is 0.254. The lowest BCUT2D eigenvalue weighted by Gasteiger charge is -2.29. The van der Waals surface area contributed by atoms with Crippen molar-refractivity contribution < 1.29 is 14.9 Å². The lowest BCUT2D eigenvalue weighted by molar-refractivity contribution is -0.0604. The maximum absolute atomic E-state index is 9.85. The summed E-state index contributed by atoms with van der Waals surface area (Å²) in [7, 11) is 0. The number of hydrogen-bond acceptors (Lipinski definition) is 3. The second-order valence-electron chi connectivity index (χ2n) is 4.27. The lowest BCUT2D eigenvalue weighted by Crippen LogP contribution is -2.37. The van der Waals surface area contributed by atoms with E-state index >= 15 is 0 Å². The van der Waals surface area contributed by atoms with Crippen LogP contribution in [0.4, 0.5) is 0 Å². The molecule has 0 radical (unpaired) electrons. The standard InChI is InChI=1S/C10H18O3/c11-9(7-1-2-7)10(12)8-3-5-13-6-4-8/h7-12H,1-6H2. The summed E-state index contributed by atoms with van der Waals surface area (Å²) in [5, 5.41) is 19.6. The number of rotatable bonds is 3. The molecule has 1 saturated heterocycles. The van der Waals surface area contributed by atoms with Crippen molar-refractivity contribution in [1.29, 1.82) is 0 Å². The Labute approximate surface area is 78.7 Å². The molecule has 0 bridgehead atoms. The van der Waals surface area contributed by atoms with Crippen LogP contribution < -0.4 is 0 Å². The maximum atomic E-state index is 9.85. The van der Waals surface area contributed by atoms with Gasteiger partial charge in [-0.2, -0.15) is 0 Å². The summed E-state index contributed by atoms with van der Waals surface area (Å²) in [4.78, 5) is 0. The van der Waals surface area contributed by atoms with Crippen molar-refractivity contribution in [2.75, 3.05) is 13.2 Å². The zero-order chi connectivity index (χ0) is 9.26. The molecule has 1 aliphatic carbocycles. The summed E-state index contributed by atoms with van der Waals surface area (Å²) in [5.41, 5.74) is 0. The zero-order valence-corrected chi connectivity index (χ0v) is 7.85. The molecule has 2 rings (SSSR count). The van der Waals surface area contributed by atoms with Crippen LogP contribution in [0.15, 0.2) is 0 Å². The predicted octanol–water partition coefficient (Wildman–Crippen LogP) is 0.545. The van der Waals surface area contributed by atoms with Gasteiger partial charge in [0.1, 0.15) is 0 Å². The van der Waals surface area contributed by atoms with Gasteiger partial charge in [0.2, 0.25) is 0 Å². The number of ether oxygens (including phenoxy) is 1. The van der Waals surface area contributed by atoms with Gasteiger partial charge in [0, 0.05) is 13.2 Å². The first-order valence-electron chi connectivity index (χ1n) is 5.23. The highest BCUT2D eigenvalue weighted by molar-refractivity contribution is 4.88. The lowest BCUT2D eigenvalue weighted by atomic mass is 9.89. The molecular weight excluding hydrogens is 168 g/mol. The second kappa shape index (κ2) is 3.95. The fraction of sp³-hybridized carbons (Fsp3) is 1.00. The Hall–Kier alpha value is -0.120. The van der Waals surface area contributed by atoms with Gasteiger partial charge in [0.05, 0.1) is 12.2 Å². The first kappa shape index (κ1) is 9.44. The Morgan fingerprint density at radius 3 is 1.77 bits per heavy atom. The van der Waals surface area contributed by atoms with Gasteiger partial charge in [-0.15, -0.1) is 0 Å². The molecule has 0 aromatic rings. The van der Waals surface area contributed by atoms with Crippen LogP contribution in [0.2, 0.25) is 0 Å². The van der Waals surface area contributed by atoms with Crippen molar-refractivity contribution in [3.05, 3.63) is 0 Å². The molecule has 1 saturated carbocycles. The van der Waals surface area contributed by atoms with E-state index < -0.39 is 12.2 Å². The highest BCUT2D eigenvalue weighted by atomic mass is 16.5. The van der Waals surface area contributed by atoms with Gasteiger partial charge < -0.3 is 14.9 Å². The van der Waals surface area contributed by atoms with Gasteiger partial charge in [-0.05, 0) is 37.5 Å². The summed E-state index contributed by atoms with van der Waals surface area (Å²) in [6.07, 6.45) is 2.96. The van der Waals surface area contributed by atoms with Crippen LogP contribution in [-0.2, 0) is 4.74 Å². The predicted molar refractivity (Wildman–Crippen MR) is 48.3 cm³/mol. The van der Waals surface area contributed by atoms with Crippen LogP contribution in [0.5, 0.6) is 0 Å². The normalized spacial score (nSPS) is 30.0. The van der Waals surface area contributed by atoms with Crippen LogP contribution >= 0.6 is 0 Å². The van der Waals surface area contributed by atoms with E-state index in [1.807, 2.05) is 0 Å². The third-order valence-corrected chi connectivity index (χ3v) is 3.20. The fourth-order valence-corrected chi connectivity index (χ4v) is 2.05. The Balaban J connectivity index is 1.82. The van der Waals surface area contributed by atoms with Gasteiger partial charge in [0.25, 0.3) is 0 Å². The molecule has 2 N–H and O–H groups in total. The van der Waals surface area contributed by atoms with E-state index in [1.165, 1.54) is 0 Å². The molecule has 0 spiro atoms. The second-order valence-corrected chi connectivity index (χ2v) is 4.27. The maximum Gasteiger partial charge on any atom is 0.0831 e. The third kappa shape index (κ3) is 2.22. The molecule has 1 aliphatic heterocycles. The van der Waals surface area contributed by atoms with Crippen molar-refractivity contribution in [3.8, 4) is 0 Å². The molecule has 2 fully saturated rings. The van der Waals surface area contributed by atoms with E-state index in [-0.39, 0.29) is 5.92 Å². The Morgan fingerprint density at radius 1 is 0.846 bits per heavy atom. The molecule has 0 aromatic carbocycles. The molecule has 13 heavy (non-hydrogen) atoms. The Kier molecular flexibility index (Phi) is 2.86. The molecule has 76 valence electrons. The largest absolute Gasteiger partial charge is 0.390 e. The summed E-state index contributed by atoms with van der Waals surface area (Å²) < 4.78 is 5.21. The number of aliphatic hydroxyl groups is 2. The molecular formula is C10H18O3. The molecule has 2 atom stereocenters. The quantitative estimate of drug-likeness (QED) is 0.676. The SMILES string of the molecule is OC(C1CCOCC1)C(O)C1CC1. The highest BCUT2D eigenvalue weighted by Gasteiger charge is 2.38. The molecule has 3 nitrogen and oxygen atoms in total. The van der Waals surface area contributed by atoms with Gasteiger partial charge >= 0.3 is 0 Å². The monoisotopic (exact) mass is 186 g/mol. The summed E-state index contributed by atoms with van der Waals surface area (Å²) in [6, 6.07) is 0. The molecule has 2 aliphatic rings. The van der Waals surface area contributed by atoms with Gasteiger partial charge in [-0.3, -0.25) is 0 Å². The molecule has 0 amide bonds. The Bertz CT molecular complexity index is 162. The van der Waals surface area contributed by atoms with Gasteiger partial charge in [-0.1, -0.05) is 0 Å². The van der Waals surface area contributed by atoms with E-state index in [1.54, 1.807) is 0 Å². The molecule has 3 heteroatoms. The first-order chi connectivity index (χ1) is 6.29. The number of hydrogen-bond donors (Lipinski definition) is 2. The molecule has 2 unspecified atom stereocenters. The zero-order valence-electron chi connectivity index (χ0n) is 7.85. The third-order valence-electron chi connectivity index (χ3n) is 3.20. The van der Waals surface area contributed by atoms with Crippen molar-refractivity contribution in [1.82, 2.24) is 0 Å². The first-order valence-corrected chi connectivity index (χ1v) is 5.23. The summed E-state index contributed by atoms with van der Waals surface area (Å²) in [5.74, 6) is 0.627. The summed E-state index contributed by atoms with van der Waals surface area (Å²) in [6.45, 7) is 1.47. The minimum atomic E-state index is -0.517. The average molecular weight is 186 g/mol. The topological polar surface area (TPSA) is 49.7 Å². The smallest absolute Gasteiger partial charge is 0.0831 e. The number of aliphatic hydroxyl groups excluding tert-OH is 2. The highest BCUT2D eigenvalue weighted by Crippen LogP contribution is 2.36. The van der Waals surface area contributed by atoms with E-state index in [9.17, 15) is 10.2 Å². The minimum Gasteiger partial charge on any atom is -0.390 e. The van der Waals surface area contributed by atoms with Crippen LogP contribution in [-0.4, -0.2) is 35.6 Å². The van der Waals surface area contributed by atoms with Crippen LogP contribution in [0.3, 0.4) is 0 Å². The van der Waals surface area contributed by atoms with Crippen molar-refractivity contribution in [2.24, 2.45) is 11.8 Å². The van der Waals surface area contributed by atoms with Crippen LogP contribution in [0.25, 0.3) is 0 Å². The van der Waals surface area contributed by atoms with Gasteiger partial charge in [0.15, 0.2) is 0 Å². The van der Waals surface area contributed by atoms with E-state index in [4.69, 9.17) is 4.74 Å². The van der Waals surface area contributed by atoms with E-state index in [0.29, 0.717) is 5.92 Å². The molecule has 1 heterocycles. The van der Waals surface area contributed by atoms with Gasteiger partial charge in [-0.25, -0.2) is 0 Å². The van der Waals surface area contributed by atoms with Crippen molar-refractivity contribution >= 4 is 0 Å². The molecule has 0 aromatic heterocycles. The average Bonchev–Trinajstić information content (AvgIpc) is 3.00. The van der Waals surface area contributed by atoms with E-state index in [2.05, 4.69) is 0 Å². The Morgan fingerprint density at radius 2 is 1.31 bits per heavy atom.